The lowest BCUT2D eigenvalue weighted by Gasteiger charge is -2.28. The van der Waals surface area contributed by atoms with Crippen molar-refractivity contribution in [3.8, 4) is 0 Å². The lowest BCUT2D eigenvalue weighted by Crippen LogP contribution is -2.52. The monoisotopic (exact) mass is 444 g/mol. The van der Waals surface area contributed by atoms with E-state index in [-0.39, 0.29) is 30.1 Å². The quantitative estimate of drug-likeness (QED) is 0.165. The first-order valence-corrected chi connectivity index (χ1v) is 9.21. The number of alkyl halides is 1. The van der Waals surface area contributed by atoms with Crippen molar-refractivity contribution in [3.63, 3.8) is 0 Å². The topological polar surface area (TPSA) is 172 Å². The smallest absolute Gasteiger partial charge is 0.312 e. The zero-order valence-corrected chi connectivity index (χ0v) is 17.7. The number of carbonyl (C=O) groups excluding carboxylic acids is 1. The fraction of sp³-hybridized carbons (Fsp3) is 0.923. The lowest BCUT2D eigenvalue weighted by molar-refractivity contribution is -0.506. The Kier molecular flexibility index (Phi) is 25.7. The highest BCUT2D eigenvalue weighted by atomic mass is 31.1. The van der Waals surface area contributed by atoms with Crippen LogP contribution in [0.1, 0.15) is 40.0 Å². The minimum absolute atomic E-state index is 0. The second-order valence-electron chi connectivity index (χ2n) is 5.22. The first-order valence-electron chi connectivity index (χ1n) is 7.73. The van der Waals surface area contributed by atoms with E-state index in [1.165, 1.54) is 0 Å². The van der Waals surface area contributed by atoms with Gasteiger partial charge in [0.2, 0.25) is 6.10 Å². The van der Waals surface area contributed by atoms with Crippen LogP contribution in [-0.4, -0.2) is 63.2 Å². The van der Waals surface area contributed by atoms with Gasteiger partial charge in [0.15, 0.2) is 0 Å². The molecule has 0 aromatic carbocycles. The first-order chi connectivity index (χ1) is 12.1. The standard InChI is InChI=1S/C6H12NO4P.C6H15NO.CH4FO3P.FH/c1-2-6(3-8,4-9)7-5(10)12-11;1-3-6(7,4-2)5-8;2-1(6)4-5-3;/h8-9H,2-4H2,1H3,(H,7,10);8H,3-5,7H2,1-2H3;1,3H,6H2;1H. The Bertz CT molecular complexity index is 347. The minimum Gasteiger partial charge on any atom is -0.394 e. The Morgan fingerprint density at radius 2 is 1.63 bits per heavy atom. The average molecular weight is 444 g/mol. The van der Waals surface area contributed by atoms with Crippen LogP contribution in [0.4, 0.5) is 13.9 Å². The Morgan fingerprint density at radius 1 is 1.19 bits per heavy atom. The van der Waals surface area contributed by atoms with Crippen LogP contribution in [0.15, 0.2) is 0 Å². The number of carbonyl (C=O) groups is 1. The fourth-order valence-corrected chi connectivity index (χ4v) is 1.54. The molecule has 0 radical (unpaired) electrons. The van der Waals surface area contributed by atoms with E-state index in [1.54, 1.807) is 16.2 Å². The summed E-state index contributed by atoms with van der Waals surface area (Å²) in [5, 5.41) is 38.8. The van der Waals surface area contributed by atoms with Crippen LogP contribution in [0.3, 0.4) is 0 Å². The normalized spacial score (nSPS) is 11.9. The summed E-state index contributed by atoms with van der Waals surface area (Å²) in [7, 11) is 0.938. The van der Waals surface area contributed by atoms with E-state index in [0.717, 1.165) is 12.8 Å². The van der Waals surface area contributed by atoms with E-state index in [0.29, 0.717) is 6.42 Å². The van der Waals surface area contributed by atoms with Gasteiger partial charge in [-0.05, 0) is 19.3 Å². The number of amides is 1. The zero-order valence-electron chi connectivity index (χ0n) is 15.6. The third-order valence-corrected chi connectivity index (χ3v) is 3.98. The van der Waals surface area contributed by atoms with E-state index < -0.39 is 25.7 Å². The van der Waals surface area contributed by atoms with Crippen molar-refractivity contribution < 1.29 is 49.0 Å². The molecule has 7 N–H and O–H groups in total. The summed E-state index contributed by atoms with van der Waals surface area (Å²) in [5.74, 6) is 0. The van der Waals surface area contributed by atoms with Gasteiger partial charge in [-0.25, -0.2) is 9.65 Å². The molecule has 0 spiro atoms. The maximum Gasteiger partial charge on any atom is 0.312 e. The van der Waals surface area contributed by atoms with Gasteiger partial charge < -0.3 is 26.4 Å². The summed E-state index contributed by atoms with van der Waals surface area (Å²) < 4.78 is 21.2. The molecule has 0 heterocycles. The van der Waals surface area contributed by atoms with Crippen LogP contribution in [0.5, 0.6) is 0 Å². The summed E-state index contributed by atoms with van der Waals surface area (Å²) in [6, 6.07) is 0. The maximum absolute atomic E-state index is 11.2. The first kappa shape index (κ1) is 34.1. The molecule has 0 bridgehead atoms. The maximum atomic E-state index is 11.2. The number of halogens is 2. The number of hydrogen-bond acceptors (Lipinski definition) is 9. The molecule has 2 atom stereocenters. The van der Waals surface area contributed by atoms with Gasteiger partial charge in [0.1, 0.15) is 0 Å². The van der Waals surface area contributed by atoms with Crippen molar-refractivity contribution >= 4 is 23.3 Å². The Hall–Kier alpha value is -0.420. The Labute approximate surface area is 161 Å². The largest absolute Gasteiger partial charge is 0.394 e. The van der Waals surface area contributed by atoms with Crippen molar-refractivity contribution in [3.05, 3.63) is 0 Å². The van der Waals surface area contributed by atoms with E-state index >= 15 is 0 Å². The molecule has 0 saturated heterocycles. The predicted molar refractivity (Wildman–Crippen MR) is 99.8 cm³/mol. The number of rotatable bonds is 10. The van der Waals surface area contributed by atoms with E-state index in [1.807, 2.05) is 13.8 Å². The summed E-state index contributed by atoms with van der Waals surface area (Å²) >= 11 is 0. The highest BCUT2D eigenvalue weighted by Gasteiger charge is 2.28. The molecule has 0 rings (SSSR count). The predicted octanol–water partition coefficient (Wildman–Crippen LogP) is 1.31. The summed E-state index contributed by atoms with van der Waals surface area (Å²) in [6.45, 7) is 5.02. The van der Waals surface area contributed by atoms with Crippen molar-refractivity contribution in [1.82, 2.24) is 5.32 Å². The van der Waals surface area contributed by atoms with Crippen LogP contribution < -0.4 is 11.1 Å². The van der Waals surface area contributed by atoms with Gasteiger partial charge in [-0.15, -0.1) is 0 Å². The van der Waals surface area contributed by atoms with Crippen LogP contribution in [-0.2, 0) is 14.5 Å². The minimum atomic E-state index is -1.66. The fourth-order valence-electron chi connectivity index (χ4n) is 1.21. The van der Waals surface area contributed by atoms with Gasteiger partial charge in [-0.2, -0.15) is 4.89 Å². The third kappa shape index (κ3) is 18.7. The van der Waals surface area contributed by atoms with E-state index in [4.69, 9.17) is 26.3 Å². The van der Waals surface area contributed by atoms with Crippen LogP contribution in [0.25, 0.3) is 0 Å². The Balaban J connectivity index is -0.000000154. The number of aliphatic hydroxyl groups excluding tert-OH is 3. The SMILES string of the molecule is CCC(CO)(CO)NC(=O)P=O.CCC(N)(CC)CO.F.OOOC(F)P. The number of hydrogen-bond donors (Lipinski definition) is 6. The second-order valence-corrected chi connectivity index (χ2v) is 6.33. The van der Waals surface area contributed by atoms with Gasteiger partial charge in [-0.3, -0.25) is 14.1 Å². The zero-order chi connectivity index (χ0) is 21.2. The molecule has 0 aromatic rings. The molecule has 0 aliphatic carbocycles. The molecule has 0 aromatic heterocycles. The van der Waals surface area contributed by atoms with Gasteiger partial charge in [0, 0.05) is 5.54 Å². The van der Waals surface area contributed by atoms with Gasteiger partial charge in [0.25, 0.3) is 8.46 Å². The number of aliphatic hydroxyl groups is 3. The number of nitrogens with two attached hydrogens (primary N) is 1. The van der Waals surface area contributed by atoms with Crippen molar-refractivity contribution in [2.75, 3.05) is 19.8 Å². The molecule has 166 valence electrons. The average Bonchev–Trinajstić information content (AvgIpc) is 2.66. The van der Waals surface area contributed by atoms with Crippen molar-refractivity contribution in [2.45, 2.75) is 57.2 Å². The van der Waals surface area contributed by atoms with Gasteiger partial charge in [0.05, 0.1) is 25.4 Å². The lowest BCUT2D eigenvalue weighted by atomic mass is 9.96. The third-order valence-electron chi connectivity index (χ3n) is 3.60. The van der Waals surface area contributed by atoms with Crippen molar-refractivity contribution in [1.29, 1.82) is 0 Å². The molecule has 10 nitrogen and oxygen atoms in total. The summed E-state index contributed by atoms with van der Waals surface area (Å²) in [5.41, 5.74) is 3.54. The van der Waals surface area contributed by atoms with Crippen molar-refractivity contribution in [2.24, 2.45) is 5.73 Å². The Morgan fingerprint density at radius 3 is 1.74 bits per heavy atom. The molecule has 0 fully saturated rings. The van der Waals surface area contributed by atoms with Gasteiger partial charge in [-0.1, -0.05) is 35.0 Å². The molecule has 0 aliphatic rings. The van der Waals surface area contributed by atoms with Crippen LogP contribution in [0, 0.1) is 0 Å². The van der Waals surface area contributed by atoms with Gasteiger partial charge >= 0.3 is 5.65 Å². The van der Waals surface area contributed by atoms with Crippen LogP contribution in [0.2, 0.25) is 0 Å². The molecular weight excluding hydrogens is 412 g/mol. The molecule has 2 unspecified atom stereocenters. The molecule has 1 amide bonds. The van der Waals surface area contributed by atoms with Crippen LogP contribution >= 0.6 is 17.7 Å². The highest BCUT2D eigenvalue weighted by molar-refractivity contribution is 7.45. The van der Waals surface area contributed by atoms with E-state index in [2.05, 4.69) is 15.2 Å². The molecular formula is C13H32F2N2O8P2. The molecule has 14 heteroatoms. The summed E-state index contributed by atoms with van der Waals surface area (Å²) in [6.07, 6.45) is 0.413. The molecule has 27 heavy (non-hydrogen) atoms. The van der Waals surface area contributed by atoms with E-state index in [9.17, 15) is 13.8 Å². The summed E-state index contributed by atoms with van der Waals surface area (Å²) in [4.78, 5) is 14.0. The molecule has 0 aliphatic heterocycles. The molecule has 0 saturated carbocycles. The number of nitrogens with one attached hydrogen (secondary N) is 1. The second kappa shape index (κ2) is 20.3. The highest BCUT2D eigenvalue weighted by Crippen LogP contribution is 2.10.